The Morgan fingerprint density at radius 2 is 2.27 bits per heavy atom. The maximum atomic E-state index is 5.60. The molecule has 3 nitrogen and oxygen atoms in total. The zero-order valence-electron chi connectivity index (χ0n) is 9.66. The molecule has 3 heteroatoms. The third-order valence-electron chi connectivity index (χ3n) is 2.74. The predicted octanol–water partition coefficient (Wildman–Crippen LogP) is 2.25. The van der Waals surface area contributed by atoms with Gasteiger partial charge in [0.2, 0.25) is 0 Å². The van der Waals surface area contributed by atoms with E-state index in [4.69, 9.17) is 4.74 Å². The van der Waals surface area contributed by atoms with E-state index < -0.39 is 0 Å². The minimum atomic E-state index is 0.479. The Balaban J connectivity index is 2.39. The van der Waals surface area contributed by atoms with E-state index in [1.54, 1.807) is 0 Å². The van der Waals surface area contributed by atoms with Crippen LogP contribution in [0, 0.1) is 0 Å². The smallest absolute Gasteiger partial charge is 0.171 e. The second kappa shape index (κ2) is 4.09. The van der Waals surface area contributed by atoms with Crippen LogP contribution in [0.15, 0.2) is 12.1 Å². The summed E-state index contributed by atoms with van der Waals surface area (Å²) >= 11 is 0. The molecule has 0 spiro atoms. The predicted molar refractivity (Wildman–Crippen MR) is 61.6 cm³/mol. The third kappa shape index (κ3) is 1.91. The van der Waals surface area contributed by atoms with Gasteiger partial charge in [0.1, 0.15) is 6.61 Å². The molecule has 0 fully saturated rings. The topological polar surface area (TPSA) is 25.4 Å². The first-order valence-electron chi connectivity index (χ1n) is 5.61. The molecule has 0 N–H and O–H groups in total. The molecule has 0 bridgehead atoms. The monoisotopic (exact) mass is 206 g/mol. The Hall–Kier alpha value is -1.25. The molecule has 0 radical (unpaired) electrons. The van der Waals surface area contributed by atoms with E-state index >= 15 is 0 Å². The van der Waals surface area contributed by atoms with Crippen molar-refractivity contribution in [1.29, 1.82) is 0 Å². The lowest BCUT2D eigenvalue weighted by Gasteiger charge is -2.33. The van der Waals surface area contributed by atoms with E-state index in [1.165, 1.54) is 0 Å². The van der Waals surface area contributed by atoms with Crippen LogP contribution in [0.1, 0.15) is 26.5 Å². The zero-order valence-corrected chi connectivity index (χ0v) is 9.66. The molecule has 2 rings (SSSR count). The van der Waals surface area contributed by atoms with Gasteiger partial charge in [0.15, 0.2) is 11.6 Å². The fourth-order valence-corrected chi connectivity index (χ4v) is 1.85. The third-order valence-corrected chi connectivity index (χ3v) is 2.74. The first-order chi connectivity index (χ1) is 7.22. The highest BCUT2D eigenvalue weighted by Gasteiger charge is 2.21. The van der Waals surface area contributed by atoms with Gasteiger partial charge >= 0.3 is 0 Å². The van der Waals surface area contributed by atoms with Crippen molar-refractivity contribution in [3.05, 3.63) is 17.8 Å². The van der Waals surface area contributed by atoms with Crippen molar-refractivity contribution < 1.29 is 4.74 Å². The highest BCUT2D eigenvalue weighted by molar-refractivity contribution is 5.55. The van der Waals surface area contributed by atoms with Crippen molar-refractivity contribution in [3.8, 4) is 5.75 Å². The Bertz CT molecular complexity index is 349. The standard InChI is InChI=1S/C12H18N2O/c1-4-10-5-6-11-12(13-10)14(9(2)3)7-8-15-11/h5-6,9H,4,7-8H2,1-3H3. The summed E-state index contributed by atoms with van der Waals surface area (Å²) in [5.74, 6) is 1.93. The molecule has 0 saturated carbocycles. The molecule has 1 aromatic rings. The maximum Gasteiger partial charge on any atom is 0.171 e. The molecule has 0 amide bonds. The average Bonchev–Trinajstić information content (AvgIpc) is 2.27. The SMILES string of the molecule is CCc1ccc2c(n1)N(C(C)C)CCO2. The number of fused-ring (bicyclic) bond motifs is 1. The molecule has 0 aliphatic carbocycles. The zero-order chi connectivity index (χ0) is 10.8. The van der Waals surface area contributed by atoms with Crippen molar-refractivity contribution in [2.75, 3.05) is 18.1 Å². The first kappa shape index (κ1) is 10.3. The van der Waals surface area contributed by atoms with Crippen LogP contribution in [0.2, 0.25) is 0 Å². The normalized spacial score (nSPS) is 15.1. The lowest BCUT2D eigenvalue weighted by Crippen LogP contribution is -2.38. The number of nitrogens with zero attached hydrogens (tertiary/aromatic N) is 2. The minimum Gasteiger partial charge on any atom is -0.488 e. The molecule has 0 atom stereocenters. The van der Waals surface area contributed by atoms with Gasteiger partial charge in [-0.25, -0.2) is 4.98 Å². The highest BCUT2D eigenvalue weighted by atomic mass is 16.5. The number of anilines is 1. The van der Waals surface area contributed by atoms with E-state index in [9.17, 15) is 0 Å². The summed E-state index contributed by atoms with van der Waals surface area (Å²) in [6, 6.07) is 4.56. The summed E-state index contributed by atoms with van der Waals surface area (Å²) in [6.07, 6.45) is 0.971. The van der Waals surface area contributed by atoms with Gasteiger partial charge < -0.3 is 9.64 Å². The van der Waals surface area contributed by atoms with E-state index in [0.717, 1.165) is 36.8 Å². The minimum absolute atomic E-state index is 0.479. The molecule has 1 aliphatic heterocycles. The summed E-state index contributed by atoms with van der Waals surface area (Å²) in [5, 5.41) is 0. The Labute approximate surface area is 91.1 Å². The molecule has 82 valence electrons. The van der Waals surface area contributed by atoms with Gasteiger partial charge in [0.25, 0.3) is 0 Å². The van der Waals surface area contributed by atoms with Crippen molar-refractivity contribution in [1.82, 2.24) is 4.98 Å². The van der Waals surface area contributed by atoms with E-state index in [-0.39, 0.29) is 0 Å². The molecule has 15 heavy (non-hydrogen) atoms. The Morgan fingerprint density at radius 3 is 2.93 bits per heavy atom. The van der Waals surface area contributed by atoms with Crippen LogP contribution in [-0.4, -0.2) is 24.2 Å². The number of hydrogen-bond donors (Lipinski definition) is 0. The number of aromatic nitrogens is 1. The van der Waals surface area contributed by atoms with Crippen molar-refractivity contribution in [2.24, 2.45) is 0 Å². The van der Waals surface area contributed by atoms with Gasteiger partial charge in [0, 0.05) is 11.7 Å². The summed E-state index contributed by atoms with van der Waals surface area (Å²) in [4.78, 5) is 6.94. The molecule has 0 unspecified atom stereocenters. The summed E-state index contributed by atoms with van der Waals surface area (Å²) in [7, 11) is 0. The Kier molecular flexibility index (Phi) is 2.80. The van der Waals surface area contributed by atoms with Crippen LogP contribution in [0.25, 0.3) is 0 Å². The first-order valence-corrected chi connectivity index (χ1v) is 5.61. The number of pyridine rings is 1. The van der Waals surface area contributed by atoms with Crippen LogP contribution in [-0.2, 0) is 6.42 Å². The molecule has 2 heterocycles. The van der Waals surface area contributed by atoms with Crippen molar-refractivity contribution in [2.45, 2.75) is 33.2 Å². The van der Waals surface area contributed by atoms with Gasteiger partial charge in [-0.2, -0.15) is 0 Å². The number of hydrogen-bond acceptors (Lipinski definition) is 3. The van der Waals surface area contributed by atoms with Gasteiger partial charge in [-0.15, -0.1) is 0 Å². The highest BCUT2D eigenvalue weighted by Crippen LogP contribution is 2.30. The molecule has 0 saturated heterocycles. The van der Waals surface area contributed by atoms with E-state index in [1.807, 2.05) is 12.1 Å². The average molecular weight is 206 g/mol. The quantitative estimate of drug-likeness (QED) is 0.742. The molecule has 1 aliphatic rings. The molecule has 0 aromatic carbocycles. The Morgan fingerprint density at radius 1 is 1.47 bits per heavy atom. The second-order valence-electron chi connectivity index (χ2n) is 4.11. The van der Waals surface area contributed by atoms with Crippen LogP contribution >= 0.6 is 0 Å². The van der Waals surface area contributed by atoms with Gasteiger partial charge in [-0.3, -0.25) is 0 Å². The maximum absolute atomic E-state index is 5.60. The van der Waals surface area contributed by atoms with Gasteiger partial charge in [0.05, 0.1) is 6.54 Å². The van der Waals surface area contributed by atoms with Crippen LogP contribution in [0.5, 0.6) is 5.75 Å². The lowest BCUT2D eigenvalue weighted by atomic mass is 10.2. The number of ether oxygens (including phenoxy) is 1. The summed E-state index contributed by atoms with van der Waals surface area (Å²) < 4.78 is 5.60. The van der Waals surface area contributed by atoms with E-state index in [2.05, 4.69) is 30.7 Å². The van der Waals surface area contributed by atoms with Gasteiger partial charge in [-0.05, 0) is 32.4 Å². The van der Waals surface area contributed by atoms with Gasteiger partial charge in [-0.1, -0.05) is 6.92 Å². The molecular weight excluding hydrogens is 188 g/mol. The fourth-order valence-electron chi connectivity index (χ4n) is 1.85. The van der Waals surface area contributed by atoms with E-state index in [0.29, 0.717) is 6.04 Å². The fraction of sp³-hybridized carbons (Fsp3) is 0.583. The van der Waals surface area contributed by atoms with Crippen LogP contribution < -0.4 is 9.64 Å². The second-order valence-corrected chi connectivity index (χ2v) is 4.11. The molecule has 1 aromatic heterocycles. The summed E-state index contributed by atoms with van der Waals surface area (Å²) in [5.41, 5.74) is 1.13. The van der Waals surface area contributed by atoms with Crippen LogP contribution in [0.3, 0.4) is 0 Å². The van der Waals surface area contributed by atoms with Crippen LogP contribution in [0.4, 0.5) is 5.82 Å². The van der Waals surface area contributed by atoms with Crippen molar-refractivity contribution >= 4 is 5.82 Å². The summed E-state index contributed by atoms with van der Waals surface area (Å²) in [6.45, 7) is 8.20. The number of rotatable bonds is 2. The number of aryl methyl sites for hydroxylation is 1. The van der Waals surface area contributed by atoms with Crippen molar-refractivity contribution in [3.63, 3.8) is 0 Å². The molecular formula is C12H18N2O. The lowest BCUT2D eigenvalue weighted by molar-refractivity contribution is 0.300. The largest absolute Gasteiger partial charge is 0.488 e.